The molecular formula is C22H32N2O4. The van der Waals surface area contributed by atoms with Crippen molar-refractivity contribution in [1.29, 1.82) is 0 Å². The lowest BCUT2D eigenvalue weighted by atomic mass is 9.65. The molecule has 4 rings (SSSR count). The Morgan fingerprint density at radius 1 is 1.14 bits per heavy atom. The Morgan fingerprint density at radius 2 is 2.00 bits per heavy atom. The number of nitrogens with zero attached hydrogens (tertiary/aromatic N) is 2. The van der Waals surface area contributed by atoms with Crippen molar-refractivity contribution in [2.45, 2.75) is 62.7 Å². The highest BCUT2D eigenvalue weighted by molar-refractivity contribution is 5.86. The van der Waals surface area contributed by atoms with Crippen molar-refractivity contribution in [1.82, 2.24) is 4.90 Å². The maximum atomic E-state index is 5.72. The van der Waals surface area contributed by atoms with Crippen molar-refractivity contribution >= 4 is 5.71 Å². The lowest BCUT2D eigenvalue weighted by Gasteiger charge is -2.42. The predicted molar refractivity (Wildman–Crippen MR) is 108 cm³/mol. The summed E-state index contributed by atoms with van der Waals surface area (Å²) < 4.78 is 16.7. The molecule has 2 aliphatic heterocycles. The first kappa shape index (κ1) is 19.5. The number of rotatable bonds is 5. The number of oxime groups is 1. The second kappa shape index (κ2) is 8.29. The molecule has 6 heteroatoms. The smallest absolute Gasteiger partial charge is 0.226 e. The molecule has 2 saturated heterocycles. The number of methoxy groups -OCH3 is 2. The first-order valence-corrected chi connectivity index (χ1v) is 10.4. The zero-order valence-corrected chi connectivity index (χ0v) is 17.3. The van der Waals surface area contributed by atoms with Gasteiger partial charge in [0.2, 0.25) is 6.29 Å². The van der Waals surface area contributed by atoms with E-state index in [1.165, 1.54) is 5.56 Å². The van der Waals surface area contributed by atoms with Gasteiger partial charge in [0.25, 0.3) is 0 Å². The highest BCUT2D eigenvalue weighted by Gasteiger charge is 2.50. The quantitative estimate of drug-likeness (QED) is 0.720. The molecule has 154 valence electrons. The van der Waals surface area contributed by atoms with E-state index < -0.39 is 0 Å². The molecule has 3 atom stereocenters. The van der Waals surface area contributed by atoms with Gasteiger partial charge in [-0.2, -0.15) is 0 Å². The van der Waals surface area contributed by atoms with Crippen LogP contribution in [-0.2, 0) is 15.0 Å². The van der Waals surface area contributed by atoms with Crippen LogP contribution in [0.1, 0.15) is 50.5 Å². The first-order valence-electron chi connectivity index (χ1n) is 10.4. The number of likely N-dealkylation sites (tertiary alicyclic amines) is 1. The SMILES string of the molecule is COc1ccc(C23CCC(=NOC4CCCCO4)CC2N(C)CC3)cc1OC. The van der Waals surface area contributed by atoms with Gasteiger partial charge < -0.3 is 23.9 Å². The molecule has 3 fully saturated rings. The standard InChI is InChI=1S/C22H32N2O4/c1-24-12-11-22(16-7-8-18(25-2)19(14-16)26-3)10-9-17(15-20(22)24)23-28-21-6-4-5-13-27-21/h7-8,14,20-21H,4-6,9-13,15H2,1-3H3. The molecule has 3 unspecified atom stereocenters. The zero-order chi connectivity index (χ0) is 19.6. The maximum absolute atomic E-state index is 5.72. The minimum Gasteiger partial charge on any atom is -0.493 e. The van der Waals surface area contributed by atoms with Gasteiger partial charge in [-0.15, -0.1) is 0 Å². The summed E-state index contributed by atoms with van der Waals surface area (Å²) in [7, 11) is 5.61. The van der Waals surface area contributed by atoms with Gasteiger partial charge in [-0.05, 0) is 63.4 Å². The second-order valence-corrected chi connectivity index (χ2v) is 8.24. The third kappa shape index (κ3) is 3.60. The molecule has 0 spiro atoms. The summed E-state index contributed by atoms with van der Waals surface area (Å²) in [5, 5.41) is 4.51. The number of hydrogen-bond acceptors (Lipinski definition) is 6. The molecule has 1 aromatic rings. The monoisotopic (exact) mass is 388 g/mol. The second-order valence-electron chi connectivity index (χ2n) is 8.24. The van der Waals surface area contributed by atoms with E-state index in [9.17, 15) is 0 Å². The number of hydrogen-bond donors (Lipinski definition) is 0. The molecule has 0 radical (unpaired) electrons. The van der Waals surface area contributed by atoms with E-state index in [0.29, 0.717) is 6.04 Å². The maximum Gasteiger partial charge on any atom is 0.226 e. The van der Waals surface area contributed by atoms with E-state index in [4.69, 9.17) is 19.0 Å². The minimum atomic E-state index is -0.167. The van der Waals surface area contributed by atoms with Crippen LogP contribution in [-0.4, -0.2) is 57.4 Å². The van der Waals surface area contributed by atoms with E-state index in [-0.39, 0.29) is 11.7 Å². The highest BCUT2D eigenvalue weighted by atomic mass is 16.8. The van der Waals surface area contributed by atoms with Crippen molar-refractivity contribution in [3.63, 3.8) is 0 Å². The van der Waals surface area contributed by atoms with Crippen LogP contribution in [0.5, 0.6) is 11.5 Å². The van der Waals surface area contributed by atoms with Gasteiger partial charge in [0.1, 0.15) is 0 Å². The lowest BCUT2D eigenvalue weighted by molar-refractivity contribution is -0.162. The van der Waals surface area contributed by atoms with Gasteiger partial charge >= 0.3 is 0 Å². The number of fused-ring (bicyclic) bond motifs is 1. The predicted octanol–water partition coefficient (Wildman–Crippen LogP) is 3.73. The largest absolute Gasteiger partial charge is 0.493 e. The fraction of sp³-hybridized carbons (Fsp3) is 0.682. The van der Waals surface area contributed by atoms with E-state index in [2.05, 4.69) is 29.2 Å². The van der Waals surface area contributed by atoms with Gasteiger partial charge in [0.05, 0.1) is 26.5 Å². The van der Waals surface area contributed by atoms with E-state index in [1.807, 2.05) is 6.07 Å². The van der Waals surface area contributed by atoms with E-state index in [0.717, 1.165) is 75.3 Å². The van der Waals surface area contributed by atoms with E-state index in [1.54, 1.807) is 14.2 Å². The average molecular weight is 389 g/mol. The van der Waals surface area contributed by atoms with Crippen LogP contribution in [0.25, 0.3) is 0 Å². The molecular weight excluding hydrogens is 356 g/mol. The van der Waals surface area contributed by atoms with Crippen molar-refractivity contribution < 1.29 is 19.0 Å². The minimum absolute atomic E-state index is 0.134. The van der Waals surface area contributed by atoms with Crippen LogP contribution in [0.3, 0.4) is 0 Å². The average Bonchev–Trinajstić information content (AvgIpc) is 3.09. The number of likely N-dealkylation sites (N-methyl/N-ethyl adjacent to an activating group) is 1. The van der Waals surface area contributed by atoms with Crippen molar-refractivity contribution in [2.24, 2.45) is 5.16 Å². The summed E-state index contributed by atoms with van der Waals surface area (Å²) in [4.78, 5) is 8.20. The van der Waals surface area contributed by atoms with Crippen LogP contribution in [0.15, 0.2) is 23.4 Å². The Balaban J connectivity index is 1.53. The molecule has 1 aliphatic carbocycles. The van der Waals surface area contributed by atoms with Gasteiger partial charge in [-0.1, -0.05) is 11.2 Å². The van der Waals surface area contributed by atoms with Gasteiger partial charge in [0, 0.05) is 24.3 Å². The molecule has 0 aromatic heterocycles. The summed E-state index contributed by atoms with van der Waals surface area (Å²) in [5.41, 5.74) is 2.63. The molecule has 2 heterocycles. The molecule has 0 bridgehead atoms. The van der Waals surface area contributed by atoms with E-state index >= 15 is 0 Å². The van der Waals surface area contributed by atoms with Crippen LogP contribution < -0.4 is 9.47 Å². The van der Waals surface area contributed by atoms with Crippen molar-refractivity contribution in [3.05, 3.63) is 23.8 Å². The molecule has 28 heavy (non-hydrogen) atoms. The topological polar surface area (TPSA) is 52.5 Å². The Morgan fingerprint density at radius 3 is 2.75 bits per heavy atom. The fourth-order valence-corrected chi connectivity index (χ4v) is 5.09. The Bertz CT molecular complexity index is 716. The van der Waals surface area contributed by atoms with Gasteiger partial charge in [0.15, 0.2) is 11.5 Å². The van der Waals surface area contributed by atoms with Crippen LogP contribution >= 0.6 is 0 Å². The van der Waals surface area contributed by atoms with Crippen LogP contribution in [0.4, 0.5) is 0 Å². The normalized spacial score (nSPS) is 32.2. The zero-order valence-electron chi connectivity index (χ0n) is 17.3. The number of ether oxygens (including phenoxy) is 3. The Hall–Kier alpha value is -1.79. The Labute approximate surface area is 167 Å². The summed E-state index contributed by atoms with van der Waals surface area (Å²) in [5.74, 6) is 1.59. The third-order valence-corrected chi connectivity index (χ3v) is 6.76. The first-order chi connectivity index (χ1) is 13.7. The summed E-state index contributed by atoms with van der Waals surface area (Å²) in [6.45, 7) is 1.88. The molecule has 1 saturated carbocycles. The summed E-state index contributed by atoms with van der Waals surface area (Å²) in [6.07, 6.45) is 7.19. The number of benzene rings is 1. The van der Waals surface area contributed by atoms with Crippen LogP contribution in [0, 0.1) is 0 Å². The van der Waals surface area contributed by atoms with Gasteiger partial charge in [-0.25, -0.2) is 0 Å². The molecule has 6 nitrogen and oxygen atoms in total. The lowest BCUT2D eigenvalue weighted by Crippen LogP contribution is -2.46. The Kier molecular flexibility index (Phi) is 5.78. The molecule has 0 N–H and O–H groups in total. The summed E-state index contributed by atoms with van der Waals surface area (Å²) in [6, 6.07) is 6.83. The fourth-order valence-electron chi connectivity index (χ4n) is 5.09. The molecule has 3 aliphatic rings. The van der Waals surface area contributed by atoms with Crippen molar-refractivity contribution in [3.8, 4) is 11.5 Å². The van der Waals surface area contributed by atoms with Crippen molar-refractivity contribution in [2.75, 3.05) is 34.4 Å². The van der Waals surface area contributed by atoms with Gasteiger partial charge in [-0.3, -0.25) is 0 Å². The highest BCUT2D eigenvalue weighted by Crippen LogP contribution is 2.49. The third-order valence-electron chi connectivity index (χ3n) is 6.76. The summed E-state index contributed by atoms with van der Waals surface area (Å²) >= 11 is 0. The van der Waals surface area contributed by atoms with Crippen LogP contribution in [0.2, 0.25) is 0 Å². The molecule has 0 amide bonds. The molecule has 1 aromatic carbocycles.